The van der Waals surface area contributed by atoms with Gasteiger partial charge in [0.2, 0.25) is 0 Å². The van der Waals surface area contributed by atoms with E-state index in [1.54, 1.807) is 0 Å². The summed E-state index contributed by atoms with van der Waals surface area (Å²) in [6.07, 6.45) is 0. The summed E-state index contributed by atoms with van der Waals surface area (Å²) < 4.78 is 1.97. The van der Waals surface area contributed by atoms with Crippen molar-refractivity contribution in [2.45, 2.75) is 0 Å². The molecule has 0 aliphatic heterocycles. The van der Waals surface area contributed by atoms with Gasteiger partial charge in [-0.15, -0.1) is 5.10 Å². The van der Waals surface area contributed by atoms with E-state index in [-0.39, 0.29) is 0 Å². The van der Waals surface area contributed by atoms with Gasteiger partial charge in [0.25, 0.3) is 0 Å². The monoisotopic (exact) mass is 625 g/mol. The molecule has 1 heterocycles. The molecular formula is C46H31N3. The zero-order valence-electron chi connectivity index (χ0n) is 26.7. The number of hydrogen-bond acceptors (Lipinski definition) is 2. The number of benzene rings is 8. The van der Waals surface area contributed by atoms with Crippen LogP contribution in [-0.4, -0.2) is 14.8 Å². The smallest absolute Gasteiger partial charge is 0.182 e. The van der Waals surface area contributed by atoms with Gasteiger partial charge in [0.15, 0.2) is 11.6 Å². The SMILES string of the molecule is c1ccc(-c2ccc(-n3nc(-c4ccc(-c5cccc6ccccc56)cc4)nc3-c3ccc(-c4cccc5ccccc45)cc3)cc2)cc1. The molecule has 0 saturated heterocycles. The fraction of sp³-hybridized carbons (Fsp3) is 0. The third-order valence-electron chi connectivity index (χ3n) is 9.31. The normalized spacial score (nSPS) is 11.3. The molecule has 0 unspecified atom stereocenters. The largest absolute Gasteiger partial charge is 0.213 e. The van der Waals surface area contributed by atoms with Crippen LogP contribution in [0.25, 0.3) is 83.4 Å². The highest BCUT2D eigenvalue weighted by Gasteiger charge is 2.16. The van der Waals surface area contributed by atoms with E-state index in [1.165, 1.54) is 49.4 Å². The highest BCUT2D eigenvalue weighted by Crippen LogP contribution is 2.34. The molecule has 230 valence electrons. The highest BCUT2D eigenvalue weighted by atomic mass is 15.4. The molecule has 3 heteroatoms. The standard InChI is InChI=1S/C46H31N3/c1-2-10-32(11-3-1)33-28-30-40(31-29-33)49-46(39-26-22-37(23-27-39)44-19-9-15-35-13-5-7-17-42(35)44)47-45(48-49)38-24-20-36(21-25-38)43-18-8-14-34-12-4-6-16-41(34)43/h1-31H. The lowest BCUT2D eigenvalue weighted by Gasteiger charge is -2.10. The zero-order chi connectivity index (χ0) is 32.6. The van der Waals surface area contributed by atoms with E-state index in [2.05, 4.69) is 182 Å². The van der Waals surface area contributed by atoms with Crippen LogP contribution in [0.3, 0.4) is 0 Å². The second-order valence-electron chi connectivity index (χ2n) is 12.3. The minimum absolute atomic E-state index is 0.685. The average Bonchev–Trinajstić information content (AvgIpc) is 3.64. The summed E-state index contributed by atoms with van der Waals surface area (Å²) in [6.45, 7) is 0. The van der Waals surface area contributed by atoms with E-state index < -0.39 is 0 Å². The third kappa shape index (κ3) is 5.38. The maximum Gasteiger partial charge on any atom is 0.182 e. The van der Waals surface area contributed by atoms with E-state index in [0.29, 0.717) is 5.82 Å². The Morgan fingerprint density at radius 1 is 0.327 bits per heavy atom. The van der Waals surface area contributed by atoms with Crippen LogP contribution < -0.4 is 0 Å². The van der Waals surface area contributed by atoms with Crippen molar-refractivity contribution in [1.29, 1.82) is 0 Å². The van der Waals surface area contributed by atoms with Gasteiger partial charge in [0, 0.05) is 11.1 Å². The van der Waals surface area contributed by atoms with Gasteiger partial charge in [-0.3, -0.25) is 0 Å². The summed E-state index contributed by atoms with van der Waals surface area (Å²) in [5.74, 6) is 1.48. The molecular weight excluding hydrogens is 595 g/mol. The predicted octanol–water partition coefficient (Wildman–Crippen LogP) is 11.9. The van der Waals surface area contributed by atoms with Crippen LogP contribution in [0, 0.1) is 0 Å². The van der Waals surface area contributed by atoms with Crippen LogP contribution in [0.5, 0.6) is 0 Å². The Kier molecular flexibility index (Phi) is 7.14. The number of nitrogens with zero attached hydrogens (tertiary/aromatic N) is 3. The van der Waals surface area contributed by atoms with Crippen molar-refractivity contribution in [1.82, 2.24) is 14.8 Å². The molecule has 1 aromatic heterocycles. The van der Waals surface area contributed by atoms with Crippen LogP contribution >= 0.6 is 0 Å². The second kappa shape index (κ2) is 12.2. The first kappa shape index (κ1) is 28.6. The fourth-order valence-corrected chi connectivity index (χ4v) is 6.78. The lowest BCUT2D eigenvalue weighted by molar-refractivity contribution is 0.891. The van der Waals surface area contributed by atoms with Crippen LogP contribution in [0.15, 0.2) is 188 Å². The van der Waals surface area contributed by atoms with E-state index in [4.69, 9.17) is 10.1 Å². The van der Waals surface area contributed by atoms with Crippen LogP contribution in [-0.2, 0) is 0 Å². The van der Waals surface area contributed by atoms with Crippen molar-refractivity contribution >= 4 is 21.5 Å². The Balaban J connectivity index is 1.12. The zero-order valence-corrected chi connectivity index (χ0v) is 26.7. The first-order chi connectivity index (χ1) is 24.3. The molecule has 9 rings (SSSR count). The molecule has 0 atom stereocenters. The van der Waals surface area contributed by atoms with Crippen molar-refractivity contribution < 1.29 is 0 Å². The second-order valence-corrected chi connectivity index (χ2v) is 12.3. The number of fused-ring (bicyclic) bond motifs is 2. The molecule has 0 saturated carbocycles. The lowest BCUT2D eigenvalue weighted by atomic mass is 9.97. The Labute approximate surface area is 285 Å². The molecule has 49 heavy (non-hydrogen) atoms. The summed E-state index contributed by atoms with van der Waals surface area (Å²) >= 11 is 0. The minimum Gasteiger partial charge on any atom is -0.213 e. The topological polar surface area (TPSA) is 30.7 Å². The van der Waals surface area contributed by atoms with Gasteiger partial charge in [0.05, 0.1) is 5.69 Å². The summed E-state index contributed by atoms with van der Waals surface area (Å²) in [7, 11) is 0. The molecule has 0 bridgehead atoms. The summed E-state index contributed by atoms with van der Waals surface area (Å²) in [5.41, 5.74) is 10.0. The van der Waals surface area contributed by atoms with E-state index >= 15 is 0 Å². The lowest BCUT2D eigenvalue weighted by Crippen LogP contribution is -1.99. The van der Waals surface area contributed by atoms with Crippen molar-refractivity contribution in [3.63, 3.8) is 0 Å². The van der Waals surface area contributed by atoms with Gasteiger partial charge in [0.1, 0.15) is 0 Å². The first-order valence-corrected chi connectivity index (χ1v) is 16.6. The maximum absolute atomic E-state index is 5.16. The molecule has 0 spiro atoms. The molecule has 8 aromatic carbocycles. The van der Waals surface area contributed by atoms with Gasteiger partial charge in [-0.05, 0) is 67.1 Å². The first-order valence-electron chi connectivity index (χ1n) is 16.6. The van der Waals surface area contributed by atoms with Crippen LogP contribution in [0.2, 0.25) is 0 Å². The van der Waals surface area contributed by atoms with Gasteiger partial charge in [-0.25, -0.2) is 9.67 Å². The summed E-state index contributed by atoms with van der Waals surface area (Å²) in [5, 5.41) is 10.1. The van der Waals surface area contributed by atoms with E-state index in [9.17, 15) is 0 Å². The quantitative estimate of drug-likeness (QED) is 0.184. The predicted molar refractivity (Wildman–Crippen MR) is 204 cm³/mol. The van der Waals surface area contributed by atoms with Gasteiger partial charge in [-0.2, -0.15) is 0 Å². The molecule has 0 N–H and O–H groups in total. The van der Waals surface area contributed by atoms with Crippen molar-refractivity contribution in [2.24, 2.45) is 0 Å². The Morgan fingerprint density at radius 3 is 1.37 bits per heavy atom. The molecule has 0 amide bonds. The molecule has 9 aromatic rings. The number of rotatable bonds is 6. The van der Waals surface area contributed by atoms with Crippen LogP contribution in [0.1, 0.15) is 0 Å². The Morgan fingerprint density at radius 2 is 0.776 bits per heavy atom. The van der Waals surface area contributed by atoms with Crippen LogP contribution in [0.4, 0.5) is 0 Å². The van der Waals surface area contributed by atoms with Crippen molar-refractivity contribution in [3.05, 3.63) is 188 Å². The molecule has 0 radical (unpaired) electrons. The third-order valence-corrected chi connectivity index (χ3v) is 9.31. The molecule has 0 aliphatic rings. The van der Waals surface area contributed by atoms with Gasteiger partial charge >= 0.3 is 0 Å². The number of hydrogen-bond donors (Lipinski definition) is 0. The van der Waals surface area contributed by atoms with Crippen molar-refractivity contribution in [2.75, 3.05) is 0 Å². The summed E-state index contributed by atoms with van der Waals surface area (Å²) in [4.78, 5) is 5.16. The average molecular weight is 626 g/mol. The maximum atomic E-state index is 5.16. The van der Waals surface area contributed by atoms with Gasteiger partial charge < -0.3 is 0 Å². The Hall–Kier alpha value is -6.58. The van der Waals surface area contributed by atoms with E-state index in [0.717, 1.165) is 28.2 Å². The highest BCUT2D eigenvalue weighted by molar-refractivity contribution is 5.97. The summed E-state index contributed by atoms with van der Waals surface area (Å²) in [6, 6.07) is 66.3. The van der Waals surface area contributed by atoms with Gasteiger partial charge in [-0.1, -0.05) is 176 Å². The molecule has 3 nitrogen and oxygen atoms in total. The minimum atomic E-state index is 0.685. The molecule has 0 aliphatic carbocycles. The molecule has 0 fully saturated rings. The Bertz CT molecular complexity index is 2550. The fourth-order valence-electron chi connectivity index (χ4n) is 6.78. The van der Waals surface area contributed by atoms with E-state index in [1.807, 2.05) is 10.7 Å². The number of aromatic nitrogens is 3. The van der Waals surface area contributed by atoms with Crippen molar-refractivity contribution in [3.8, 4) is 61.8 Å².